The molecule has 0 spiro atoms. The average molecular weight is 465 g/mol. The molecule has 0 atom stereocenters. The van der Waals surface area contributed by atoms with E-state index in [9.17, 15) is 14.9 Å². The van der Waals surface area contributed by atoms with Crippen LogP contribution in [0.2, 0.25) is 0 Å². The molecule has 0 unspecified atom stereocenters. The third-order valence-corrected chi connectivity index (χ3v) is 5.52. The quantitative estimate of drug-likeness (QED) is 0.264. The molecule has 33 heavy (non-hydrogen) atoms. The Morgan fingerprint density at radius 1 is 1.09 bits per heavy atom. The van der Waals surface area contributed by atoms with Crippen molar-refractivity contribution < 1.29 is 23.9 Å². The van der Waals surface area contributed by atoms with Gasteiger partial charge in [-0.2, -0.15) is 0 Å². The predicted octanol–water partition coefficient (Wildman–Crippen LogP) is 5.66. The highest BCUT2D eigenvalue weighted by Crippen LogP contribution is 2.36. The Morgan fingerprint density at radius 2 is 1.88 bits per heavy atom. The summed E-state index contributed by atoms with van der Waals surface area (Å²) in [5.74, 6) is 1.06. The van der Waals surface area contributed by atoms with Gasteiger partial charge in [-0.05, 0) is 31.2 Å². The number of nitrogens with one attached hydrogen (secondary N) is 1. The second-order valence-electron chi connectivity index (χ2n) is 6.73. The molecule has 168 valence electrons. The van der Waals surface area contributed by atoms with Crippen LogP contribution in [0.5, 0.6) is 23.0 Å². The molecule has 0 aliphatic carbocycles. The second kappa shape index (κ2) is 9.53. The number of hydrogen-bond acceptors (Lipinski definition) is 8. The maximum absolute atomic E-state index is 12.9. The molecule has 0 aliphatic rings. The van der Waals surface area contributed by atoms with Crippen LogP contribution in [0.25, 0.3) is 10.2 Å². The molecule has 4 aromatic rings. The molecule has 0 bridgehead atoms. The van der Waals surface area contributed by atoms with Crippen molar-refractivity contribution >= 4 is 38.3 Å². The van der Waals surface area contributed by atoms with Crippen molar-refractivity contribution in [3.63, 3.8) is 0 Å². The standard InChI is InChI=1S/C23H19N3O6S/c1-3-31-20-12-16(18(26(28)29)13-19(20)30-2)22(27)25-23-24-17-10-9-15(11-21(17)33-23)32-14-7-5-4-6-8-14/h4-13H,3H2,1-2H3,(H,24,25,27). The minimum atomic E-state index is -0.676. The van der Waals surface area contributed by atoms with Gasteiger partial charge in [0, 0.05) is 12.1 Å². The molecule has 10 heteroatoms. The summed E-state index contributed by atoms with van der Waals surface area (Å²) in [6, 6.07) is 17.2. The first-order chi connectivity index (χ1) is 16.0. The van der Waals surface area contributed by atoms with Crippen molar-refractivity contribution in [3.8, 4) is 23.0 Å². The van der Waals surface area contributed by atoms with Gasteiger partial charge in [-0.1, -0.05) is 29.5 Å². The Hall–Kier alpha value is -4.18. The second-order valence-corrected chi connectivity index (χ2v) is 7.76. The fourth-order valence-corrected chi connectivity index (χ4v) is 4.01. The van der Waals surface area contributed by atoms with Gasteiger partial charge in [-0.3, -0.25) is 20.2 Å². The van der Waals surface area contributed by atoms with E-state index in [2.05, 4.69) is 10.3 Å². The summed E-state index contributed by atoms with van der Waals surface area (Å²) < 4.78 is 17.2. The largest absolute Gasteiger partial charge is 0.493 e. The zero-order valence-corrected chi connectivity index (χ0v) is 18.5. The predicted molar refractivity (Wildman–Crippen MR) is 125 cm³/mol. The van der Waals surface area contributed by atoms with Crippen LogP contribution >= 0.6 is 11.3 Å². The normalized spacial score (nSPS) is 10.6. The first-order valence-corrected chi connectivity index (χ1v) is 10.7. The van der Waals surface area contributed by atoms with Gasteiger partial charge in [0.1, 0.15) is 17.1 Å². The van der Waals surface area contributed by atoms with Crippen molar-refractivity contribution in [1.29, 1.82) is 0 Å². The van der Waals surface area contributed by atoms with E-state index < -0.39 is 16.5 Å². The molecule has 1 heterocycles. The number of hydrogen-bond donors (Lipinski definition) is 1. The third kappa shape index (κ3) is 4.85. The molecule has 1 amide bonds. The van der Waals surface area contributed by atoms with Gasteiger partial charge >= 0.3 is 0 Å². The van der Waals surface area contributed by atoms with Gasteiger partial charge in [0.05, 0.1) is 34.9 Å². The SMILES string of the molecule is CCOc1cc(C(=O)Nc2nc3ccc(Oc4ccccc4)cc3s2)c([N+](=O)[O-])cc1OC. The maximum atomic E-state index is 12.9. The summed E-state index contributed by atoms with van der Waals surface area (Å²) in [6.45, 7) is 2.07. The number of amides is 1. The molecule has 0 radical (unpaired) electrons. The van der Waals surface area contributed by atoms with Crippen LogP contribution in [0.3, 0.4) is 0 Å². The molecule has 0 saturated carbocycles. The zero-order valence-electron chi connectivity index (χ0n) is 17.7. The van der Waals surface area contributed by atoms with Crippen LogP contribution in [0.15, 0.2) is 60.7 Å². The summed E-state index contributed by atoms with van der Waals surface area (Å²) in [6.07, 6.45) is 0. The first-order valence-electron chi connectivity index (χ1n) is 9.92. The van der Waals surface area contributed by atoms with Crippen LogP contribution in [-0.4, -0.2) is 29.5 Å². The molecule has 0 saturated heterocycles. The Labute approximate surface area is 192 Å². The number of carbonyl (C=O) groups excluding carboxylic acids is 1. The van der Waals surface area contributed by atoms with E-state index in [4.69, 9.17) is 14.2 Å². The van der Waals surface area contributed by atoms with Crippen LogP contribution in [-0.2, 0) is 0 Å². The van der Waals surface area contributed by atoms with E-state index in [1.54, 1.807) is 19.1 Å². The van der Waals surface area contributed by atoms with Gasteiger partial charge in [-0.25, -0.2) is 4.98 Å². The molecule has 1 aromatic heterocycles. The van der Waals surface area contributed by atoms with Crippen LogP contribution in [0, 0.1) is 10.1 Å². The van der Waals surface area contributed by atoms with Gasteiger partial charge in [0.2, 0.25) is 0 Å². The number of rotatable bonds is 8. The monoisotopic (exact) mass is 465 g/mol. The Morgan fingerprint density at radius 3 is 2.58 bits per heavy atom. The molecule has 0 aliphatic heterocycles. The molecular formula is C23H19N3O6S. The number of anilines is 1. The maximum Gasteiger partial charge on any atom is 0.286 e. The number of para-hydroxylation sites is 1. The minimum absolute atomic E-state index is 0.156. The third-order valence-electron chi connectivity index (χ3n) is 4.58. The lowest BCUT2D eigenvalue weighted by Gasteiger charge is -2.11. The summed E-state index contributed by atoms with van der Waals surface area (Å²) in [7, 11) is 1.37. The average Bonchev–Trinajstić information content (AvgIpc) is 3.21. The number of nitro groups is 1. The zero-order chi connectivity index (χ0) is 23.4. The number of methoxy groups -OCH3 is 1. The number of benzene rings is 3. The van der Waals surface area contributed by atoms with Crippen LogP contribution in [0.4, 0.5) is 10.8 Å². The Bertz CT molecular complexity index is 1320. The number of nitro benzene ring substituents is 1. The van der Waals surface area contributed by atoms with Gasteiger partial charge in [-0.15, -0.1) is 0 Å². The fourth-order valence-electron chi connectivity index (χ4n) is 3.12. The van der Waals surface area contributed by atoms with Crippen molar-refractivity contribution in [1.82, 2.24) is 4.98 Å². The van der Waals surface area contributed by atoms with Crippen molar-refractivity contribution in [2.45, 2.75) is 6.92 Å². The minimum Gasteiger partial charge on any atom is -0.493 e. The van der Waals surface area contributed by atoms with E-state index in [-0.39, 0.29) is 17.1 Å². The van der Waals surface area contributed by atoms with E-state index in [0.29, 0.717) is 28.8 Å². The Balaban J connectivity index is 1.61. The number of aromatic nitrogens is 1. The van der Waals surface area contributed by atoms with Crippen molar-refractivity contribution in [3.05, 3.63) is 76.3 Å². The van der Waals surface area contributed by atoms with Gasteiger partial charge in [0.15, 0.2) is 16.6 Å². The number of ether oxygens (including phenoxy) is 3. The van der Waals surface area contributed by atoms with Crippen molar-refractivity contribution in [2.75, 3.05) is 19.0 Å². The van der Waals surface area contributed by atoms with Gasteiger partial charge < -0.3 is 14.2 Å². The number of carbonyl (C=O) groups is 1. The Kier molecular flexibility index (Phi) is 6.36. The van der Waals surface area contributed by atoms with E-state index in [1.165, 1.54) is 30.6 Å². The van der Waals surface area contributed by atoms with Crippen LogP contribution in [0.1, 0.15) is 17.3 Å². The highest BCUT2D eigenvalue weighted by Gasteiger charge is 2.25. The molecule has 1 N–H and O–H groups in total. The highest BCUT2D eigenvalue weighted by molar-refractivity contribution is 7.22. The molecule has 9 nitrogen and oxygen atoms in total. The van der Waals surface area contributed by atoms with Crippen molar-refractivity contribution in [2.24, 2.45) is 0 Å². The molecule has 0 fully saturated rings. The molecule has 3 aromatic carbocycles. The van der Waals surface area contributed by atoms with E-state index in [0.717, 1.165) is 4.70 Å². The smallest absolute Gasteiger partial charge is 0.286 e. The van der Waals surface area contributed by atoms with E-state index in [1.807, 2.05) is 36.4 Å². The lowest BCUT2D eigenvalue weighted by Crippen LogP contribution is -2.14. The van der Waals surface area contributed by atoms with Crippen LogP contribution < -0.4 is 19.5 Å². The van der Waals surface area contributed by atoms with Gasteiger partial charge in [0.25, 0.3) is 11.6 Å². The van der Waals surface area contributed by atoms with E-state index >= 15 is 0 Å². The number of thiazole rings is 1. The summed E-state index contributed by atoms with van der Waals surface area (Å²) in [4.78, 5) is 28.2. The summed E-state index contributed by atoms with van der Waals surface area (Å²) in [5, 5.41) is 14.5. The summed E-state index contributed by atoms with van der Waals surface area (Å²) >= 11 is 1.23. The molecule has 4 rings (SSSR count). The highest BCUT2D eigenvalue weighted by atomic mass is 32.1. The molecular weight excluding hydrogens is 446 g/mol. The first kappa shape index (κ1) is 22.0. The summed E-state index contributed by atoms with van der Waals surface area (Å²) in [5.41, 5.74) is 0.110. The lowest BCUT2D eigenvalue weighted by molar-refractivity contribution is -0.385. The lowest BCUT2D eigenvalue weighted by atomic mass is 10.1. The fraction of sp³-hybridized carbons (Fsp3) is 0.130. The number of nitrogens with zero attached hydrogens (tertiary/aromatic N) is 2. The number of fused-ring (bicyclic) bond motifs is 1. The topological polar surface area (TPSA) is 113 Å².